The van der Waals surface area contributed by atoms with Crippen molar-refractivity contribution in [2.75, 3.05) is 14.1 Å². The minimum atomic E-state index is 0.150. The molecule has 0 spiro atoms. The van der Waals surface area contributed by atoms with Gasteiger partial charge in [-0.1, -0.05) is 24.3 Å². The fourth-order valence-corrected chi connectivity index (χ4v) is 1.70. The Balaban J connectivity index is 2.39. The van der Waals surface area contributed by atoms with Gasteiger partial charge in [-0.25, -0.2) is 5.01 Å². The van der Waals surface area contributed by atoms with Crippen LogP contribution in [0.5, 0.6) is 0 Å². The Labute approximate surface area is 83.9 Å². The van der Waals surface area contributed by atoms with Crippen LogP contribution < -0.4 is 0 Å². The summed E-state index contributed by atoms with van der Waals surface area (Å²) in [6.45, 7) is 0.804. The molecule has 74 valence electrons. The van der Waals surface area contributed by atoms with E-state index in [2.05, 4.69) is 6.07 Å². The molecule has 0 saturated carbocycles. The maximum absolute atomic E-state index is 11.7. The number of hydrogen-bond acceptors (Lipinski definition) is 2. The van der Waals surface area contributed by atoms with Gasteiger partial charge in [0.05, 0.1) is 6.42 Å². The first-order chi connectivity index (χ1) is 6.68. The van der Waals surface area contributed by atoms with E-state index in [1.807, 2.05) is 37.3 Å². The summed E-state index contributed by atoms with van der Waals surface area (Å²) >= 11 is 0. The highest BCUT2D eigenvalue weighted by atomic mass is 16.2. The summed E-state index contributed by atoms with van der Waals surface area (Å²) in [5, 5.41) is 3.62. The molecule has 3 nitrogen and oxygen atoms in total. The summed E-state index contributed by atoms with van der Waals surface area (Å²) in [6, 6.07) is 8.11. The number of hydrogen-bond donors (Lipinski definition) is 0. The lowest BCUT2D eigenvalue weighted by molar-refractivity contribution is -0.142. The highest BCUT2D eigenvalue weighted by molar-refractivity contribution is 5.78. The van der Waals surface area contributed by atoms with Crippen LogP contribution in [0, 0.1) is 0 Å². The highest BCUT2D eigenvalue weighted by Gasteiger charge is 2.20. The highest BCUT2D eigenvalue weighted by Crippen LogP contribution is 2.17. The first kappa shape index (κ1) is 9.21. The minimum absolute atomic E-state index is 0.150. The molecule has 1 aliphatic rings. The zero-order valence-corrected chi connectivity index (χ0v) is 8.53. The molecule has 0 radical (unpaired) electrons. The summed E-state index contributed by atoms with van der Waals surface area (Å²) in [5.74, 6) is 0.150. The Bertz CT molecular complexity index is 362. The first-order valence-electron chi connectivity index (χ1n) is 4.73. The van der Waals surface area contributed by atoms with Crippen molar-refractivity contribution in [2.45, 2.75) is 13.0 Å². The molecule has 0 unspecified atom stereocenters. The van der Waals surface area contributed by atoms with Crippen molar-refractivity contribution in [2.24, 2.45) is 0 Å². The van der Waals surface area contributed by atoms with E-state index >= 15 is 0 Å². The SMILES string of the molecule is CN1Cc2ccccc2CC(=O)N1C. The Hall–Kier alpha value is -1.35. The Morgan fingerprint density at radius 2 is 1.79 bits per heavy atom. The van der Waals surface area contributed by atoms with Gasteiger partial charge >= 0.3 is 0 Å². The van der Waals surface area contributed by atoms with Crippen LogP contribution in [-0.2, 0) is 17.8 Å². The van der Waals surface area contributed by atoms with Gasteiger partial charge in [-0.15, -0.1) is 0 Å². The molecular weight excluding hydrogens is 176 g/mol. The van der Waals surface area contributed by atoms with Gasteiger partial charge in [-0.2, -0.15) is 0 Å². The predicted octanol–water partition coefficient (Wildman–Crippen LogP) is 1.05. The van der Waals surface area contributed by atoms with Crippen molar-refractivity contribution < 1.29 is 4.79 Å². The monoisotopic (exact) mass is 190 g/mol. The van der Waals surface area contributed by atoms with E-state index in [-0.39, 0.29) is 5.91 Å². The van der Waals surface area contributed by atoms with E-state index in [4.69, 9.17) is 0 Å². The number of amides is 1. The van der Waals surface area contributed by atoms with Crippen molar-refractivity contribution in [1.82, 2.24) is 10.0 Å². The second kappa shape index (κ2) is 3.42. The molecule has 1 heterocycles. The largest absolute Gasteiger partial charge is 0.278 e. The van der Waals surface area contributed by atoms with E-state index in [0.29, 0.717) is 6.42 Å². The lowest BCUT2D eigenvalue weighted by atomic mass is 10.1. The second-order valence-corrected chi connectivity index (χ2v) is 3.68. The summed E-state index contributed by atoms with van der Waals surface area (Å²) in [6.07, 6.45) is 0.511. The van der Waals surface area contributed by atoms with Gasteiger partial charge in [-0.3, -0.25) is 9.80 Å². The predicted molar refractivity (Wildman–Crippen MR) is 54.4 cm³/mol. The molecule has 0 fully saturated rings. The number of fused-ring (bicyclic) bond motifs is 1. The average molecular weight is 190 g/mol. The fraction of sp³-hybridized carbons (Fsp3) is 0.364. The van der Waals surface area contributed by atoms with Gasteiger partial charge in [0.15, 0.2) is 0 Å². The van der Waals surface area contributed by atoms with Crippen molar-refractivity contribution in [3.8, 4) is 0 Å². The van der Waals surface area contributed by atoms with Crippen LogP contribution in [0.25, 0.3) is 0 Å². The molecule has 0 N–H and O–H groups in total. The number of carbonyl (C=O) groups excluding carboxylic acids is 1. The normalized spacial score (nSPS) is 17.9. The molecule has 3 heteroatoms. The standard InChI is InChI=1S/C11H14N2O/c1-12-8-10-6-4-3-5-9(10)7-11(14)13(12)2/h3-6H,7-8H2,1-2H3. The van der Waals surface area contributed by atoms with Crippen LogP contribution in [0.15, 0.2) is 24.3 Å². The summed E-state index contributed by atoms with van der Waals surface area (Å²) in [7, 11) is 3.74. The third-order valence-corrected chi connectivity index (χ3v) is 2.73. The molecule has 1 amide bonds. The van der Waals surface area contributed by atoms with Crippen molar-refractivity contribution in [1.29, 1.82) is 0 Å². The quantitative estimate of drug-likeness (QED) is 0.610. The lowest BCUT2D eigenvalue weighted by Gasteiger charge is -2.25. The van der Waals surface area contributed by atoms with E-state index < -0.39 is 0 Å². The molecule has 0 aromatic heterocycles. The number of carbonyl (C=O) groups is 1. The average Bonchev–Trinajstić information content (AvgIpc) is 2.28. The van der Waals surface area contributed by atoms with Gasteiger partial charge in [0, 0.05) is 20.6 Å². The first-order valence-corrected chi connectivity index (χ1v) is 4.73. The van der Waals surface area contributed by atoms with Crippen LogP contribution in [-0.4, -0.2) is 30.0 Å². The van der Waals surface area contributed by atoms with Crippen LogP contribution >= 0.6 is 0 Å². The van der Waals surface area contributed by atoms with E-state index in [9.17, 15) is 4.79 Å². The third-order valence-electron chi connectivity index (χ3n) is 2.73. The van der Waals surface area contributed by atoms with E-state index in [1.165, 1.54) is 5.56 Å². The van der Waals surface area contributed by atoms with Gasteiger partial charge in [0.2, 0.25) is 5.91 Å². The maximum Gasteiger partial charge on any atom is 0.241 e. The fourth-order valence-electron chi connectivity index (χ4n) is 1.70. The number of nitrogens with zero attached hydrogens (tertiary/aromatic N) is 2. The minimum Gasteiger partial charge on any atom is -0.278 e. The lowest BCUT2D eigenvalue weighted by Crippen LogP contribution is -2.39. The maximum atomic E-state index is 11.7. The molecule has 1 aromatic carbocycles. The number of rotatable bonds is 0. The molecule has 1 aliphatic heterocycles. The van der Waals surface area contributed by atoms with Crippen LogP contribution in [0.1, 0.15) is 11.1 Å². The Kier molecular flexibility index (Phi) is 2.25. The zero-order valence-electron chi connectivity index (χ0n) is 8.53. The number of benzene rings is 1. The second-order valence-electron chi connectivity index (χ2n) is 3.68. The van der Waals surface area contributed by atoms with Crippen molar-refractivity contribution >= 4 is 5.91 Å². The summed E-state index contributed by atoms with van der Waals surface area (Å²) in [4.78, 5) is 11.7. The van der Waals surface area contributed by atoms with Crippen LogP contribution in [0.2, 0.25) is 0 Å². The summed E-state index contributed by atoms with van der Waals surface area (Å²) < 4.78 is 0. The molecule has 0 saturated heterocycles. The molecular formula is C11H14N2O. The molecule has 2 rings (SSSR count). The van der Waals surface area contributed by atoms with Gasteiger partial charge in [-0.05, 0) is 11.1 Å². The Morgan fingerprint density at radius 1 is 1.14 bits per heavy atom. The van der Waals surface area contributed by atoms with Gasteiger partial charge in [0.1, 0.15) is 0 Å². The van der Waals surface area contributed by atoms with E-state index in [1.54, 1.807) is 5.01 Å². The van der Waals surface area contributed by atoms with Crippen LogP contribution in [0.3, 0.4) is 0 Å². The zero-order chi connectivity index (χ0) is 10.1. The van der Waals surface area contributed by atoms with Gasteiger partial charge < -0.3 is 0 Å². The van der Waals surface area contributed by atoms with Crippen molar-refractivity contribution in [3.05, 3.63) is 35.4 Å². The van der Waals surface area contributed by atoms with Gasteiger partial charge in [0.25, 0.3) is 0 Å². The number of hydrazine groups is 1. The summed E-state index contributed by atoms with van der Waals surface area (Å²) in [5.41, 5.74) is 2.39. The smallest absolute Gasteiger partial charge is 0.241 e. The molecule has 0 aliphatic carbocycles. The molecule has 0 atom stereocenters. The van der Waals surface area contributed by atoms with Crippen molar-refractivity contribution in [3.63, 3.8) is 0 Å². The van der Waals surface area contributed by atoms with E-state index in [0.717, 1.165) is 12.1 Å². The Morgan fingerprint density at radius 3 is 2.50 bits per heavy atom. The molecule has 0 bridgehead atoms. The topological polar surface area (TPSA) is 23.6 Å². The molecule has 14 heavy (non-hydrogen) atoms. The van der Waals surface area contributed by atoms with Crippen LogP contribution in [0.4, 0.5) is 0 Å². The number of likely N-dealkylation sites (N-methyl/N-ethyl adjacent to an activating group) is 1. The molecule has 1 aromatic rings. The third kappa shape index (κ3) is 1.51.